The van der Waals surface area contributed by atoms with Crippen molar-refractivity contribution in [1.29, 1.82) is 0 Å². The van der Waals surface area contributed by atoms with Crippen molar-refractivity contribution in [1.82, 2.24) is 20.4 Å². The maximum Gasteiger partial charge on any atom is 0.282 e. The molecule has 0 atom stereocenters. The number of thioether (sulfide) groups is 1. The van der Waals surface area contributed by atoms with Crippen LogP contribution in [-0.2, 0) is 17.6 Å². The molecule has 1 aliphatic heterocycles. The van der Waals surface area contributed by atoms with E-state index in [2.05, 4.69) is 11.5 Å². The Kier molecular flexibility index (Phi) is 7.07. The first-order valence-corrected chi connectivity index (χ1v) is 14.8. The van der Waals surface area contributed by atoms with Crippen LogP contribution in [0.5, 0.6) is 0 Å². The first-order valence-electron chi connectivity index (χ1n) is 11.5. The number of amides is 3. The van der Waals surface area contributed by atoms with Gasteiger partial charge >= 0.3 is 0 Å². The summed E-state index contributed by atoms with van der Waals surface area (Å²) in [5.41, 5.74) is 6.90. The number of rotatable bonds is 5. The van der Waals surface area contributed by atoms with E-state index in [0.29, 0.717) is 10.2 Å². The lowest BCUT2D eigenvalue weighted by atomic mass is 9.88. The summed E-state index contributed by atoms with van der Waals surface area (Å²) in [6, 6.07) is 12.1. The predicted molar refractivity (Wildman–Crippen MR) is 154 cm³/mol. The molecule has 0 saturated carbocycles. The third-order valence-electron chi connectivity index (χ3n) is 6.33. The molecule has 6 rings (SSSR count). The molecule has 2 aromatic heterocycles. The van der Waals surface area contributed by atoms with Crippen LogP contribution < -0.4 is 5.43 Å². The summed E-state index contributed by atoms with van der Waals surface area (Å²) in [7, 11) is 0. The van der Waals surface area contributed by atoms with Gasteiger partial charge in [-0.2, -0.15) is 5.01 Å². The standard InChI is InChI=1S/C26H14Cl4N4O3S2/c27-18-16-17(19(28)21(30)20(18)29)25(37)34(24(16)36)33-15(35)10-39-26-31-22-12-5-2-1-4-11(12)7-8-13(22)23(32-26)14-6-3-9-38-14/h1-6,9H,7-8,10H2,(H,33,35). The van der Waals surface area contributed by atoms with Gasteiger partial charge in [-0.25, -0.2) is 9.97 Å². The number of thiophene rings is 1. The molecule has 1 aliphatic carbocycles. The highest BCUT2D eigenvalue weighted by molar-refractivity contribution is 7.99. The van der Waals surface area contributed by atoms with E-state index in [0.717, 1.165) is 52.0 Å². The molecule has 196 valence electrons. The zero-order chi connectivity index (χ0) is 27.4. The molecule has 3 amide bonds. The number of nitrogens with zero attached hydrogens (tertiary/aromatic N) is 3. The summed E-state index contributed by atoms with van der Waals surface area (Å²) in [6.45, 7) is 0. The number of aryl methyl sites for hydroxylation is 1. The summed E-state index contributed by atoms with van der Waals surface area (Å²) in [6.07, 6.45) is 1.70. The fraction of sp³-hybridized carbons (Fsp3) is 0.115. The number of hydrogen-bond acceptors (Lipinski definition) is 7. The lowest BCUT2D eigenvalue weighted by Gasteiger charge is -2.21. The van der Waals surface area contributed by atoms with Crippen molar-refractivity contribution in [2.75, 3.05) is 5.75 Å². The van der Waals surface area contributed by atoms with Crippen LogP contribution in [0, 0.1) is 0 Å². The maximum absolute atomic E-state index is 12.9. The van der Waals surface area contributed by atoms with Crippen molar-refractivity contribution in [2.45, 2.75) is 18.0 Å². The molecule has 13 heteroatoms. The van der Waals surface area contributed by atoms with Gasteiger partial charge < -0.3 is 0 Å². The van der Waals surface area contributed by atoms with E-state index in [-0.39, 0.29) is 37.0 Å². The highest BCUT2D eigenvalue weighted by Crippen LogP contribution is 2.44. The zero-order valence-electron chi connectivity index (χ0n) is 19.6. The van der Waals surface area contributed by atoms with Crippen LogP contribution in [0.1, 0.15) is 31.8 Å². The second-order valence-corrected chi connectivity index (χ2v) is 12.0. The van der Waals surface area contributed by atoms with Crippen molar-refractivity contribution < 1.29 is 14.4 Å². The van der Waals surface area contributed by atoms with Gasteiger partial charge in [0.15, 0.2) is 5.16 Å². The minimum atomic E-state index is -0.861. The normalized spacial score (nSPS) is 13.8. The largest absolute Gasteiger partial charge is 0.282 e. The van der Waals surface area contributed by atoms with E-state index in [1.807, 2.05) is 35.7 Å². The lowest BCUT2D eigenvalue weighted by Crippen LogP contribution is -2.46. The number of carbonyl (C=O) groups is 3. The van der Waals surface area contributed by atoms with Crippen molar-refractivity contribution in [3.05, 3.63) is 84.1 Å². The van der Waals surface area contributed by atoms with E-state index in [9.17, 15) is 14.4 Å². The molecule has 2 aliphatic rings. The number of hydrogen-bond donors (Lipinski definition) is 1. The van der Waals surface area contributed by atoms with Crippen LogP contribution in [-0.4, -0.2) is 38.5 Å². The molecule has 4 aromatic rings. The molecule has 0 bridgehead atoms. The molecule has 7 nitrogen and oxygen atoms in total. The van der Waals surface area contributed by atoms with Crippen LogP contribution in [0.25, 0.3) is 21.8 Å². The molecule has 1 N–H and O–H groups in total. The summed E-state index contributed by atoms with van der Waals surface area (Å²) in [5.74, 6) is -2.51. The second kappa shape index (κ2) is 10.4. The molecular weight excluding hydrogens is 622 g/mol. The van der Waals surface area contributed by atoms with Crippen LogP contribution in [0.3, 0.4) is 0 Å². The summed E-state index contributed by atoms with van der Waals surface area (Å²) in [4.78, 5) is 49.3. The topological polar surface area (TPSA) is 92.3 Å². The molecule has 0 spiro atoms. The Hall–Kier alpha value is -2.66. The highest BCUT2D eigenvalue weighted by Gasteiger charge is 2.42. The Morgan fingerprint density at radius 1 is 0.897 bits per heavy atom. The number of imide groups is 1. The van der Waals surface area contributed by atoms with Gasteiger partial charge in [-0.05, 0) is 29.9 Å². The fourth-order valence-corrected chi connectivity index (χ4v) is 6.96. The van der Waals surface area contributed by atoms with Gasteiger partial charge in [-0.15, -0.1) is 11.3 Å². The van der Waals surface area contributed by atoms with Crippen molar-refractivity contribution in [3.8, 4) is 21.8 Å². The first-order chi connectivity index (χ1) is 18.8. The molecule has 0 saturated heterocycles. The number of halogens is 4. The van der Waals surface area contributed by atoms with Gasteiger partial charge in [0.2, 0.25) is 5.91 Å². The average Bonchev–Trinajstić information content (AvgIpc) is 3.56. The Balaban J connectivity index is 1.26. The maximum atomic E-state index is 12.9. The second-order valence-electron chi connectivity index (χ2n) is 8.59. The molecule has 0 fully saturated rings. The van der Waals surface area contributed by atoms with Gasteiger partial charge in [-0.1, -0.05) is 88.5 Å². The van der Waals surface area contributed by atoms with Crippen LogP contribution in [0.15, 0.2) is 46.9 Å². The van der Waals surface area contributed by atoms with Gasteiger partial charge in [0, 0.05) is 11.1 Å². The Bertz CT molecular complexity index is 1670. The van der Waals surface area contributed by atoms with Crippen LogP contribution >= 0.6 is 69.5 Å². The average molecular weight is 636 g/mol. The SMILES string of the molecule is O=C(CSc1nc(-c2cccs2)c2c(n1)-c1ccccc1CC2)NN1C(=O)c2c(Cl)c(Cl)c(Cl)c(Cl)c2C1=O. The Labute approximate surface area is 250 Å². The molecule has 39 heavy (non-hydrogen) atoms. The molecule has 0 unspecified atom stereocenters. The molecule has 3 heterocycles. The van der Waals surface area contributed by atoms with Crippen molar-refractivity contribution in [2.24, 2.45) is 0 Å². The van der Waals surface area contributed by atoms with Crippen LogP contribution in [0.2, 0.25) is 20.1 Å². The Morgan fingerprint density at radius 2 is 1.56 bits per heavy atom. The van der Waals surface area contributed by atoms with Gasteiger partial charge in [0.05, 0.1) is 53.2 Å². The molecule has 0 radical (unpaired) electrons. The number of nitrogens with one attached hydrogen (secondary N) is 1. The minimum absolute atomic E-state index is 0.153. The lowest BCUT2D eigenvalue weighted by molar-refractivity contribution is -0.121. The molecule has 2 aromatic carbocycles. The third kappa shape index (κ3) is 4.51. The van der Waals surface area contributed by atoms with E-state index < -0.39 is 17.7 Å². The van der Waals surface area contributed by atoms with E-state index in [1.54, 1.807) is 11.3 Å². The van der Waals surface area contributed by atoms with E-state index in [1.165, 1.54) is 5.56 Å². The van der Waals surface area contributed by atoms with Gasteiger partial charge in [-0.3, -0.25) is 19.8 Å². The number of carbonyl (C=O) groups excluding carboxylic acids is 3. The number of benzene rings is 2. The van der Waals surface area contributed by atoms with Crippen molar-refractivity contribution >= 4 is 87.2 Å². The number of aromatic nitrogens is 2. The third-order valence-corrected chi connectivity index (χ3v) is 9.85. The Morgan fingerprint density at radius 3 is 2.23 bits per heavy atom. The first kappa shape index (κ1) is 26.6. The monoisotopic (exact) mass is 634 g/mol. The number of fused-ring (bicyclic) bond motifs is 4. The minimum Gasteiger partial charge on any atom is -0.272 e. The summed E-state index contributed by atoms with van der Waals surface area (Å²) in [5, 5.41) is 2.21. The van der Waals surface area contributed by atoms with Crippen LogP contribution in [0.4, 0.5) is 0 Å². The van der Waals surface area contributed by atoms with Gasteiger partial charge in [0.25, 0.3) is 11.8 Å². The quantitative estimate of drug-likeness (QED) is 0.0834. The number of hydrazine groups is 1. The van der Waals surface area contributed by atoms with E-state index >= 15 is 0 Å². The molecular formula is C26H14Cl4N4O3S2. The van der Waals surface area contributed by atoms with E-state index in [4.69, 9.17) is 56.4 Å². The zero-order valence-corrected chi connectivity index (χ0v) is 24.2. The summed E-state index contributed by atoms with van der Waals surface area (Å²) >= 11 is 27.1. The predicted octanol–water partition coefficient (Wildman–Crippen LogP) is 7.00. The highest BCUT2D eigenvalue weighted by atomic mass is 35.5. The van der Waals surface area contributed by atoms with Crippen molar-refractivity contribution in [3.63, 3.8) is 0 Å². The fourth-order valence-electron chi connectivity index (χ4n) is 4.57. The summed E-state index contributed by atoms with van der Waals surface area (Å²) < 4.78 is 0. The van der Waals surface area contributed by atoms with Gasteiger partial charge in [0.1, 0.15) is 0 Å². The smallest absolute Gasteiger partial charge is 0.272 e.